The van der Waals surface area contributed by atoms with Crippen LogP contribution in [0.15, 0.2) is 24.3 Å². The van der Waals surface area contributed by atoms with Gasteiger partial charge in [-0.25, -0.2) is 0 Å². The topological polar surface area (TPSA) is 17.1 Å². The molecule has 0 unspecified atom stereocenters. The van der Waals surface area contributed by atoms with Gasteiger partial charge in [0.2, 0.25) is 0 Å². The molecule has 0 atom stereocenters. The molecule has 0 amide bonds. The van der Waals surface area contributed by atoms with Crippen molar-refractivity contribution in [3.05, 3.63) is 35.4 Å². The third-order valence-corrected chi connectivity index (χ3v) is 2.66. The number of aryl methyl sites for hydroxylation is 1. The maximum atomic E-state index is 12.0. The minimum atomic E-state index is 0.191. The SMILES string of the molecule is CCC(CC)C(=O)c1cccc(C)c1. The van der Waals surface area contributed by atoms with Gasteiger partial charge in [-0.3, -0.25) is 4.79 Å². The highest BCUT2D eigenvalue weighted by Crippen LogP contribution is 2.16. The Kier molecular flexibility index (Phi) is 3.87. The lowest BCUT2D eigenvalue weighted by molar-refractivity contribution is 0.0913. The van der Waals surface area contributed by atoms with Gasteiger partial charge >= 0.3 is 0 Å². The van der Waals surface area contributed by atoms with Crippen LogP contribution in [0.25, 0.3) is 0 Å². The third kappa shape index (κ3) is 2.44. The second-order valence-electron chi connectivity index (χ2n) is 3.75. The monoisotopic (exact) mass is 190 g/mol. The molecule has 0 aliphatic rings. The third-order valence-electron chi connectivity index (χ3n) is 2.66. The van der Waals surface area contributed by atoms with Crippen LogP contribution < -0.4 is 0 Å². The van der Waals surface area contributed by atoms with Crippen LogP contribution in [0.1, 0.15) is 42.6 Å². The minimum Gasteiger partial charge on any atom is -0.294 e. The minimum absolute atomic E-state index is 0.191. The van der Waals surface area contributed by atoms with E-state index in [1.54, 1.807) is 0 Å². The fourth-order valence-electron chi connectivity index (χ4n) is 1.69. The van der Waals surface area contributed by atoms with Crippen LogP contribution >= 0.6 is 0 Å². The number of rotatable bonds is 4. The predicted molar refractivity (Wildman–Crippen MR) is 59.6 cm³/mol. The molecular formula is C13H18O. The van der Waals surface area contributed by atoms with Crippen LogP contribution in [0.3, 0.4) is 0 Å². The molecule has 0 N–H and O–H groups in total. The van der Waals surface area contributed by atoms with Crippen molar-refractivity contribution < 1.29 is 4.79 Å². The molecule has 0 saturated heterocycles. The first kappa shape index (κ1) is 11.0. The largest absolute Gasteiger partial charge is 0.294 e. The number of ketones is 1. The molecule has 1 aromatic rings. The second-order valence-corrected chi connectivity index (χ2v) is 3.75. The van der Waals surface area contributed by atoms with Crippen LogP contribution in [0.2, 0.25) is 0 Å². The normalized spacial score (nSPS) is 10.6. The summed E-state index contributed by atoms with van der Waals surface area (Å²) in [5, 5.41) is 0. The van der Waals surface area contributed by atoms with E-state index in [1.807, 2.05) is 31.2 Å². The van der Waals surface area contributed by atoms with E-state index >= 15 is 0 Å². The van der Waals surface area contributed by atoms with Crippen LogP contribution in [0.4, 0.5) is 0 Å². The summed E-state index contributed by atoms with van der Waals surface area (Å²) in [5.74, 6) is 0.482. The van der Waals surface area contributed by atoms with E-state index in [0.717, 1.165) is 24.0 Å². The van der Waals surface area contributed by atoms with Gasteiger partial charge in [-0.15, -0.1) is 0 Å². The molecule has 0 aromatic heterocycles. The molecule has 1 nitrogen and oxygen atoms in total. The molecule has 0 saturated carbocycles. The Bertz CT molecular complexity index is 311. The van der Waals surface area contributed by atoms with Gasteiger partial charge in [0, 0.05) is 11.5 Å². The number of benzene rings is 1. The van der Waals surface area contributed by atoms with E-state index in [2.05, 4.69) is 13.8 Å². The van der Waals surface area contributed by atoms with Crippen LogP contribution in [0.5, 0.6) is 0 Å². The van der Waals surface area contributed by atoms with Crippen LogP contribution in [-0.2, 0) is 0 Å². The smallest absolute Gasteiger partial charge is 0.165 e. The van der Waals surface area contributed by atoms with Crippen molar-refractivity contribution in [2.45, 2.75) is 33.6 Å². The fraction of sp³-hybridized carbons (Fsp3) is 0.462. The van der Waals surface area contributed by atoms with Crippen molar-refractivity contribution in [3.63, 3.8) is 0 Å². The standard InChI is InChI=1S/C13H18O/c1-4-11(5-2)13(14)12-8-6-7-10(3)9-12/h6-9,11H,4-5H2,1-3H3. The zero-order valence-corrected chi connectivity index (χ0v) is 9.21. The van der Waals surface area contributed by atoms with Crippen molar-refractivity contribution in [3.8, 4) is 0 Å². The fourth-order valence-corrected chi connectivity index (χ4v) is 1.69. The zero-order chi connectivity index (χ0) is 10.6. The molecule has 1 rings (SSSR count). The molecule has 0 aliphatic heterocycles. The summed E-state index contributed by atoms with van der Waals surface area (Å²) in [4.78, 5) is 12.0. The average molecular weight is 190 g/mol. The number of carbonyl (C=O) groups is 1. The Morgan fingerprint density at radius 2 is 1.93 bits per heavy atom. The molecule has 14 heavy (non-hydrogen) atoms. The summed E-state index contributed by atoms with van der Waals surface area (Å²) < 4.78 is 0. The molecule has 0 bridgehead atoms. The zero-order valence-electron chi connectivity index (χ0n) is 9.21. The molecule has 76 valence electrons. The van der Waals surface area contributed by atoms with Crippen molar-refractivity contribution >= 4 is 5.78 Å². The molecule has 1 aromatic carbocycles. The highest BCUT2D eigenvalue weighted by atomic mass is 16.1. The summed E-state index contributed by atoms with van der Waals surface area (Å²) in [5.41, 5.74) is 2.01. The summed E-state index contributed by atoms with van der Waals surface area (Å²) >= 11 is 0. The van der Waals surface area contributed by atoms with Crippen molar-refractivity contribution in [1.29, 1.82) is 0 Å². The molecule has 0 heterocycles. The van der Waals surface area contributed by atoms with Gasteiger partial charge in [0.15, 0.2) is 5.78 Å². The summed E-state index contributed by atoms with van der Waals surface area (Å²) in [6.07, 6.45) is 1.87. The van der Waals surface area contributed by atoms with E-state index in [4.69, 9.17) is 0 Å². The van der Waals surface area contributed by atoms with Crippen molar-refractivity contribution in [2.75, 3.05) is 0 Å². The van der Waals surface area contributed by atoms with Gasteiger partial charge in [-0.05, 0) is 25.8 Å². The number of hydrogen-bond donors (Lipinski definition) is 0. The first-order valence-electron chi connectivity index (χ1n) is 5.29. The summed E-state index contributed by atoms with van der Waals surface area (Å²) in [7, 11) is 0. The van der Waals surface area contributed by atoms with E-state index in [-0.39, 0.29) is 5.92 Å². The van der Waals surface area contributed by atoms with Gasteiger partial charge in [-0.1, -0.05) is 37.6 Å². The molecule has 0 spiro atoms. The molecule has 1 heteroatoms. The van der Waals surface area contributed by atoms with E-state index in [0.29, 0.717) is 5.78 Å². The summed E-state index contributed by atoms with van der Waals surface area (Å²) in [6.45, 7) is 6.16. The van der Waals surface area contributed by atoms with Gasteiger partial charge in [-0.2, -0.15) is 0 Å². The van der Waals surface area contributed by atoms with Gasteiger partial charge in [0.1, 0.15) is 0 Å². The Morgan fingerprint density at radius 3 is 2.43 bits per heavy atom. The van der Waals surface area contributed by atoms with Gasteiger partial charge in [0.05, 0.1) is 0 Å². The summed E-state index contributed by atoms with van der Waals surface area (Å²) in [6, 6.07) is 7.85. The van der Waals surface area contributed by atoms with Gasteiger partial charge < -0.3 is 0 Å². The Hall–Kier alpha value is -1.11. The van der Waals surface area contributed by atoms with E-state index in [1.165, 1.54) is 0 Å². The first-order valence-corrected chi connectivity index (χ1v) is 5.29. The average Bonchev–Trinajstić information content (AvgIpc) is 2.19. The van der Waals surface area contributed by atoms with E-state index in [9.17, 15) is 4.79 Å². The lowest BCUT2D eigenvalue weighted by atomic mass is 9.92. The van der Waals surface area contributed by atoms with Crippen LogP contribution in [-0.4, -0.2) is 5.78 Å². The first-order chi connectivity index (χ1) is 6.69. The van der Waals surface area contributed by atoms with E-state index < -0.39 is 0 Å². The molecule has 0 radical (unpaired) electrons. The Labute approximate surface area is 86.1 Å². The maximum Gasteiger partial charge on any atom is 0.165 e. The predicted octanol–water partition coefficient (Wildman–Crippen LogP) is 3.61. The number of hydrogen-bond acceptors (Lipinski definition) is 1. The highest BCUT2D eigenvalue weighted by Gasteiger charge is 2.15. The number of Topliss-reactive ketones (excluding diaryl/α,β-unsaturated/α-hetero) is 1. The maximum absolute atomic E-state index is 12.0. The Balaban J connectivity index is 2.88. The lowest BCUT2D eigenvalue weighted by Gasteiger charge is -2.10. The molecule has 0 fully saturated rings. The van der Waals surface area contributed by atoms with Crippen molar-refractivity contribution in [1.82, 2.24) is 0 Å². The lowest BCUT2D eigenvalue weighted by Crippen LogP contribution is -2.12. The number of carbonyl (C=O) groups excluding carboxylic acids is 1. The quantitative estimate of drug-likeness (QED) is 0.663. The second kappa shape index (κ2) is 4.94. The highest BCUT2D eigenvalue weighted by molar-refractivity contribution is 5.97. The molecular weight excluding hydrogens is 172 g/mol. The Morgan fingerprint density at radius 1 is 1.29 bits per heavy atom. The van der Waals surface area contributed by atoms with Gasteiger partial charge in [0.25, 0.3) is 0 Å². The molecule has 0 aliphatic carbocycles. The van der Waals surface area contributed by atoms with Crippen LogP contribution in [0, 0.1) is 12.8 Å². The van der Waals surface area contributed by atoms with Crippen molar-refractivity contribution in [2.24, 2.45) is 5.92 Å².